The maximum atomic E-state index is 13.0. The maximum Gasteiger partial charge on any atom is 0.325 e. The van der Waals surface area contributed by atoms with E-state index in [1.165, 1.54) is 4.90 Å². The van der Waals surface area contributed by atoms with E-state index < -0.39 is 5.54 Å². The summed E-state index contributed by atoms with van der Waals surface area (Å²) in [6.07, 6.45) is 5.25. The summed E-state index contributed by atoms with van der Waals surface area (Å²) in [7, 11) is 0. The number of amides is 4. The molecule has 3 heterocycles. The molecular weight excluding hydrogens is 386 g/mol. The van der Waals surface area contributed by atoms with Crippen LogP contribution in [0.25, 0.3) is 0 Å². The van der Waals surface area contributed by atoms with Crippen molar-refractivity contribution in [1.29, 1.82) is 0 Å². The van der Waals surface area contributed by atoms with E-state index in [1.54, 1.807) is 0 Å². The molecule has 1 atom stereocenters. The number of ether oxygens (including phenoxy) is 2. The van der Waals surface area contributed by atoms with E-state index in [4.69, 9.17) is 9.47 Å². The SMILES string of the molecule is O=C1NC2(CCCC2)C(=O)N1CCC(=O)N1CCCC1c1ccc2c(c1)OCCO2. The molecule has 2 saturated heterocycles. The first kappa shape index (κ1) is 19.2. The van der Waals surface area contributed by atoms with E-state index in [0.717, 1.165) is 42.7 Å². The van der Waals surface area contributed by atoms with Gasteiger partial charge in [-0.1, -0.05) is 18.9 Å². The molecule has 4 amide bonds. The van der Waals surface area contributed by atoms with Crippen LogP contribution in [0.5, 0.6) is 11.5 Å². The molecule has 1 aliphatic carbocycles. The number of fused-ring (bicyclic) bond motifs is 1. The van der Waals surface area contributed by atoms with Crippen molar-refractivity contribution in [1.82, 2.24) is 15.1 Å². The Balaban J connectivity index is 1.25. The quantitative estimate of drug-likeness (QED) is 0.766. The van der Waals surface area contributed by atoms with Crippen LogP contribution in [-0.4, -0.2) is 59.5 Å². The molecule has 0 radical (unpaired) electrons. The molecule has 1 aromatic rings. The second-order valence-corrected chi connectivity index (χ2v) is 8.57. The van der Waals surface area contributed by atoms with Crippen molar-refractivity contribution in [3.8, 4) is 11.5 Å². The zero-order valence-electron chi connectivity index (χ0n) is 17.0. The largest absolute Gasteiger partial charge is 0.486 e. The lowest BCUT2D eigenvalue weighted by atomic mass is 9.98. The van der Waals surface area contributed by atoms with Gasteiger partial charge in [0.2, 0.25) is 5.91 Å². The van der Waals surface area contributed by atoms with Gasteiger partial charge in [-0.3, -0.25) is 14.5 Å². The third kappa shape index (κ3) is 3.18. The minimum atomic E-state index is -0.721. The van der Waals surface area contributed by atoms with Gasteiger partial charge in [-0.25, -0.2) is 4.79 Å². The van der Waals surface area contributed by atoms with Gasteiger partial charge in [0, 0.05) is 19.5 Å². The minimum absolute atomic E-state index is 0.0161. The standard InChI is InChI=1S/C22H27N3O5/c26-19(7-11-25-20(27)22(23-21(25)28)8-1-2-9-22)24-10-3-4-16(24)15-5-6-17-18(14-15)30-13-12-29-17/h5-6,14,16H,1-4,7-13H2,(H,23,28). The molecule has 1 N–H and O–H groups in total. The Bertz CT molecular complexity index is 880. The zero-order valence-corrected chi connectivity index (χ0v) is 17.0. The highest BCUT2D eigenvalue weighted by Crippen LogP contribution is 2.39. The molecule has 8 nitrogen and oxygen atoms in total. The van der Waals surface area contributed by atoms with Crippen molar-refractivity contribution in [3.05, 3.63) is 23.8 Å². The first-order chi connectivity index (χ1) is 14.6. The number of imide groups is 1. The highest BCUT2D eigenvalue weighted by atomic mass is 16.6. The lowest BCUT2D eigenvalue weighted by Crippen LogP contribution is -2.44. The normalized spacial score (nSPS) is 24.6. The van der Waals surface area contributed by atoms with Gasteiger partial charge >= 0.3 is 6.03 Å². The highest BCUT2D eigenvalue weighted by molar-refractivity contribution is 6.07. The van der Waals surface area contributed by atoms with Crippen LogP contribution in [0.15, 0.2) is 18.2 Å². The molecule has 1 aromatic carbocycles. The predicted octanol–water partition coefficient (Wildman–Crippen LogP) is 2.38. The van der Waals surface area contributed by atoms with E-state index in [2.05, 4.69) is 5.32 Å². The van der Waals surface area contributed by atoms with E-state index in [0.29, 0.717) is 32.6 Å². The molecule has 3 aliphatic heterocycles. The summed E-state index contributed by atoms with van der Waals surface area (Å²) >= 11 is 0. The van der Waals surface area contributed by atoms with Crippen molar-refractivity contribution in [2.24, 2.45) is 0 Å². The summed E-state index contributed by atoms with van der Waals surface area (Å²) < 4.78 is 11.3. The Kier molecular flexibility index (Phi) is 4.79. The number of nitrogens with one attached hydrogen (secondary N) is 1. The first-order valence-electron chi connectivity index (χ1n) is 10.9. The summed E-state index contributed by atoms with van der Waals surface area (Å²) in [6.45, 7) is 1.89. The maximum absolute atomic E-state index is 13.0. The van der Waals surface area contributed by atoms with Gasteiger partial charge in [0.05, 0.1) is 6.04 Å². The Morgan fingerprint density at radius 3 is 2.67 bits per heavy atom. The number of rotatable bonds is 4. The van der Waals surface area contributed by atoms with Crippen LogP contribution >= 0.6 is 0 Å². The van der Waals surface area contributed by atoms with Crippen LogP contribution in [0.2, 0.25) is 0 Å². The van der Waals surface area contributed by atoms with Gasteiger partial charge in [-0.05, 0) is 43.4 Å². The molecule has 1 saturated carbocycles. The molecular formula is C22H27N3O5. The van der Waals surface area contributed by atoms with Gasteiger partial charge in [0.1, 0.15) is 18.8 Å². The summed E-state index contributed by atoms with van der Waals surface area (Å²) in [4.78, 5) is 41.2. The number of hydrogen-bond donors (Lipinski definition) is 1. The average Bonchev–Trinajstić information content (AvgIpc) is 3.48. The summed E-state index contributed by atoms with van der Waals surface area (Å²) in [6, 6.07) is 5.48. The van der Waals surface area contributed by atoms with Crippen molar-refractivity contribution in [3.63, 3.8) is 0 Å². The van der Waals surface area contributed by atoms with E-state index in [1.807, 2.05) is 23.1 Å². The molecule has 3 fully saturated rings. The summed E-state index contributed by atoms with van der Waals surface area (Å²) in [5, 5.41) is 2.87. The third-order valence-corrected chi connectivity index (χ3v) is 6.78. The van der Waals surface area contributed by atoms with Gasteiger partial charge < -0.3 is 19.7 Å². The predicted molar refractivity (Wildman–Crippen MR) is 107 cm³/mol. The van der Waals surface area contributed by atoms with Gasteiger partial charge in [0.15, 0.2) is 11.5 Å². The molecule has 4 aliphatic rings. The number of urea groups is 1. The second kappa shape index (κ2) is 7.49. The van der Waals surface area contributed by atoms with Crippen molar-refractivity contribution >= 4 is 17.8 Å². The number of benzene rings is 1. The fraction of sp³-hybridized carbons (Fsp3) is 0.591. The van der Waals surface area contributed by atoms with Crippen molar-refractivity contribution < 1.29 is 23.9 Å². The summed E-state index contributed by atoms with van der Waals surface area (Å²) in [5.74, 6) is 1.27. The number of carbonyl (C=O) groups is 3. The van der Waals surface area contributed by atoms with Crippen LogP contribution in [-0.2, 0) is 9.59 Å². The molecule has 5 rings (SSSR count). The monoisotopic (exact) mass is 413 g/mol. The fourth-order valence-corrected chi connectivity index (χ4v) is 5.23. The number of carbonyl (C=O) groups excluding carboxylic acids is 3. The Labute approximate surface area is 175 Å². The fourth-order valence-electron chi connectivity index (χ4n) is 5.23. The van der Waals surface area contributed by atoms with Crippen LogP contribution < -0.4 is 14.8 Å². The van der Waals surface area contributed by atoms with Crippen LogP contribution in [0.4, 0.5) is 4.79 Å². The zero-order chi connectivity index (χ0) is 20.7. The molecule has 1 unspecified atom stereocenters. The molecule has 8 heteroatoms. The molecule has 0 aromatic heterocycles. The number of nitrogens with zero attached hydrogens (tertiary/aromatic N) is 2. The van der Waals surface area contributed by atoms with Gasteiger partial charge in [-0.15, -0.1) is 0 Å². The number of hydrogen-bond acceptors (Lipinski definition) is 5. The Morgan fingerprint density at radius 1 is 1.10 bits per heavy atom. The minimum Gasteiger partial charge on any atom is -0.486 e. The molecule has 30 heavy (non-hydrogen) atoms. The second-order valence-electron chi connectivity index (χ2n) is 8.57. The van der Waals surface area contributed by atoms with Crippen LogP contribution in [0, 0.1) is 0 Å². The van der Waals surface area contributed by atoms with E-state index >= 15 is 0 Å². The lowest BCUT2D eigenvalue weighted by Gasteiger charge is -2.27. The van der Waals surface area contributed by atoms with Gasteiger partial charge in [0.25, 0.3) is 5.91 Å². The first-order valence-corrected chi connectivity index (χ1v) is 10.9. The van der Waals surface area contributed by atoms with Gasteiger partial charge in [-0.2, -0.15) is 0 Å². The third-order valence-electron chi connectivity index (χ3n) is 6.78. The van der Waals surface area contributed by atoms with E-state index in [9.17, 15) is 14.4 Å². The van der Waals surface area contributed by atoms with Crippen LogP contribution in [0.1, 0.15) is 56.6 Å². The van der Waals surface area contributed by atoms with Crippen molar-refractivity contribution in [2.45, 2.75) is 56.5 Å². The van der Waals surface area contributed by atoms with E-state index in [-0.39, 0.29) is 36.9 Å². The Morgan fingerprint density at radius 2 is 1.87 bits per heavy atom. The topological polar surface area (TPSA) is 88.2 Å². The molecule has 160 valence electrons. The lowest BCUT2D eigenvalue weighted by molar-refractivity contribution is -0.134. The average molecular weight is 413 g/mol. The Hall–Kier alpha value is -2.77. The molecule has 1 spiro atoms. The van der Waals surface area contributed by atoms with Crippen LogP contribution in [0.3, 0.4) is 0 Å². The molecule has 0 bridgehead atoms. The highest BCUT2D eigenvalue weighted by Gasteiger charge is 2.52. The summed E-state index contributed by atoms with van der Waals surface area (Å²) in [5.41, 5.74) is 0.312. The number of likely N-dealkylation sites (tertiary alicyclic amines) is 1. The smallest absolute Gasteiger partial charge is 0.325 e. The van der Waals surface area contributed by atoms with Crippen molar-refractivity contribution in [2.75, 3.05) is 26.3 Å².